The van der Waals surface area contributed by atoms with E-state index in [0.29, 0.717) is 21.8 Å². The summed E-state index contributed by atoms with van der Waals surface area (Å²) in [6, 6.07) is 8.66. The van der Waals surface area contributed by atoms with Crippen molar-refractivity contribution in [3.8, 4) is 11.5 Å². The van der Waals surface area contributed by atoms with Crippen molar-refractivity contribution < 1.29 is 14.3 Å². The average molecular weight is 363 g/mol. The van der Waals surface area contributed by atoms with Crippen LogP contribution in [0.15, 0.2) is 35.1 Å². The number of thioether (sulfide) groups is 2. The van der Waals surface area contributed by atoms with Gasteiger partial charge in [-0.2, -0.15) is 0 Å². The molecule has 2 aromatic rings. The molecule has 0 radical (unpaired) electrons. The molecule has 0 atom stereocenters. The summed E-state index contributed by atoms with van der Waals surface area (Å²) in [6.45, 7) is 1.75. The molecule has 24 heavy (non-hydrogen) atoms. The molecule has 0 spiro atoms. The predicted octanol–water partition coefficient (Wildman–Crippen LogP) is 3.39. The van der Waals surface area contributed by atoms with Gasteiger partial charge in [-0.25, -0.2) is 4.79 Å². The number of carbonyl (C=O) groups excluding carboxylic acids is 1. The van der Waals surface area contributed by atoms with Gasteiger partial charge in [0.15, 0.2) is 11.5 Å². The molecule has 2 heterocycles. The predicted molar refractivity (Wildman–Crippen MR) is 97.4 cm³/mol. The lowest BCUT2D eigenvalue weighted by Crippen LogP contribution is -2.22. The number of aromatic amines is 1. The molecule has 3 rings (SSSR count). The number of pyridine rings is 1. The van der Waals surface area contributed by atoms with Gasteiger partial charge in [0.1, 0.15) is 5.56 Å². The van der Waals surface area contributed by atoms with E-state index in [4.69, 9.17) is 9.47 Å². The fraction of sp³-hybridized carbons (Fsp3) is 0.294. The molecular weight excluding hydrogens is 346 g/mol. The number of nitrogens with one attached hydrogen (secondary N) is 1. The maximum atomic E-state index is 12.2. The SMILES string of the molecule is COc1cc(C2SCCS2)ccc1OC(=O)c1ccc(C)[nH]c1=O. The van der Waals surface area contributed by atoms with Crippen LogP contribution in [0, 0.1) is 6.92 Å². The first kappa shape index (κ1) is 17.0. The normalized spacial score (nSPS) is 14.6. The quantitative estimate of drug-likeness (QED) is 0.663. The van der Waals surface area contributed by atoms with Crippen LogP contribution in [0.1, 0.15) is 26.2 Å². The van der Waals surface area contributed by atoms with Gasteiger partial charge in [-0.3, -0.25) is 4.79 Å². The molecule has 1 saturated heterocycles. The van der Waals surface area contributed by atoms with Crippen LogP contribution in [-0.2, 0) is 0 Å². The Kier molecular flexibility index (Phi) is 5.20. The Bertz CT molecular complexity index is 812. The highest BCUT2D eigenvalue weighted by molar-refractivity contribution is 8.19. The molecule has 1 fully saturated rings. The zero-order chi connectivity index (χ0) is 17.1. The van der Waals surface area contributed by atoms with Crippen molar-refractivity contribution in [1.82, 2.24) is 4.98 Å². The highest BCUT2D eigenvalue weighted by Crippen LogP contribution is 2.46. The Morgan fingerprint density at radius 3 is 2.58 bits per heavy atom. The lowest BCUT2D eigenvalue weighted by molar-refractivity contribution is 0.0728. The van der Waals surface area contributed by atoms with Gasteiger partial charge >= 0.3 is 5.97 Å². The van der Waals surface area contributed by atoms with Gasteiger partial charge in [0.2, 0.25) is 0 Å². The highest BCUT2D eigenvalue weighted by Gasteiger charge is 2.21. The van der Waals surface area contributed by atoms with E-state index < -0.39 is 11.5 Å². The molecule has 0 aliphatic carbocycles. The Balaban J connectivity index is 1.83. The molecule has 1 N–H and O–H groups in total. The highest BCUT2D eigenvalue weighted by atomic mass is 32.2. The molecule has 0 saturated carbocycles. The summed E-state index contributed by atoms with van der Waals surface area (Å²) in [6.07, 6.45) is 0. The second-order valence-corrected chi connectivity index (χ2v) is 7.98. The molecule has 1 aliphatic heterocycles. The van der Waals surface area contributed by atoms with Crippen LogP contribution in [0.2, 0.25) is 0 Å². The van der Waals surface area contributed by atoms with Crippen LogP contribution in [0.5, 0.6) is 11.5 Å². The summed E-state index contributed by atoms with van der Waals surface area (Å²) in [4.78, 5) is 26.7. The molecule has 0 bridgehead atoms. The fourth-order valence-corrected chi connectivity index (χ4v) is 5.19. The number of aromatic nitrogens is 1. The molecule has 5 nitrogen and oxygen atoms in total. The van der Waals surface area contributed by atoms with Gasteiger partial charge in [-0.1, -0.05) is 6.07 Å². The summed E-state index contributed by atoms with van der Waals surface area (Å²) in [5, 5.41) is 0. The van der Waals surface area contributed by atoms with Gasteiger partial charge in [-0.05, 0) is 36.8 Å². The Morgan fingerprint density at radius 2 is 1.92 bits per heavy atom. The van der Waals surface area contributed by atoms with Gasteiger partial charge < -0.3 is 14.5 Å². The standard InChI is InChI=1S/C17H17NO4S2/c1-10-3-5-12(15(19)18-10)16(20)22-13-6-4-11(9-14(13)21-2)17-23-7-8-24-17/h3-6,9,17H,7-8H2,1-2H3,(H,18,19). The van der Waals surface area contributed by atoms with Crippen molar-refractivity contribution in [2.45, 2.75) is 11.5 Å². The Hall–Kier alpha value is -1.86. The monoisotopic (exact) mass is 363 g/mol. The van der Waals surface area contributed by atoms with Gasteiger partial charge in [0, 0.05) is 17.2 Å². The smallest absolute Gasteiger partial charge is 0.349 e. The third-order valence-electron chi connectivity index (χ3n) is 3.56. The molecular formula is C17H17NO4S2. The van der Waals surface area contributed by atoms with Crippen LogP contribution in [0.3, 0.4) is 0 Å². The van der Waals surface area contributed by atoms with E-state index >= 15 is 0 Å². The van der Waals surface area contributed by atoms with Crippen molar-refractivity contribution in [3.63, 3.8) is 0 Å². The third-order valence-corrected chi connectivity index (χ3v) is 6.66. The molecule has 7 heteroatoms. The lowest BCUT2D eigenvalue weighted by atomic mass is 10.2. The third kappa shape index (κ3) is 3.62. The van der Waals surface area contributed by atoms with E-state index in [-0.39, 0.29) is 5.56 Å². The van der Waals surface area contributed by atoms with Gasteiger partial charge in [-0.15, -0.1) is 23.5 Å². The average Bonchev–Trinajstić information content (AvgIpc) is 3.09. The Morgan fingerprint density at radius 1 is 1.17 bits per heavy atom. The molecule has 0 amide bonds. The molecule has 126 valence electrons. The van der Waals surface area contributed by atoms with Crippen molar-refractivity contribution in [2.24, 2.45) is 0 Å². The van der Waals surface area contributed by atoms with E-state index in [2.05, 4.69) is 4.98 Å². The van der Waals surface area contributed by atoms with E-state index in [0.717, 1.165) is 17.1 Å². The number of H-pyrrole nitrogens is 1. The molecule has 1 aromatic carbocycles. The number of rotatable bonds is 4. The van der Waals surface area contributed by atoms with E-state index in [1.54, 1.807) is 19.1 Å². The topological polar surface area (TPSA) is 68.4 Å². The first-order chi connectivity index (χ1) is 11.6. The summed E-state index contributed by atoms with van der Waals surface area (Å²) >= 11 is 3.78. The summed E-state index contributed by atoms with van der Waals surface area (Å²) < 4.78 is 11.1. The van der Waals surface area contributed by atoms with E-state index in [1.807, 2.05) is 35.7 Å². The zero-order valence-corrected chi connectivity index (χ0v) is 15.0. The largest absolute Gasteiger partial charge is 0.493 e. The number of aryl methyl sites for hydroxylation is 1. The van der Waals surface area contributed by atoms with Crippen LogP contribution in [-0.4, -0.2) is 29.6 Å². The van der Waals surface area contributed by atoms with Crippen molar-refractivity contribution in [3.05, 3.63) is 57.5 Å². The van der Waals surface area contributed by atoms with Crippen LogP contribution in [0.4, 0.5) is 0 Å². The summed E-state index contributed by atoms with van der Waals surface area (Å²) in [5.74, 6) is 2.35. The number of ether oxygens (including phenoxy) is 2. The van der Waals surface area contributed by atoms with Crippen LogP contribution < -0.4 is 15.0 Å². The fourth-order valence-electron chi connectivity index (χ4n) is 2.35. The number of hydrogen-bond acceptors (Lipinski definition) is 6. The minimum Gasteiger partial charge on any atom is -0.493 e. The maximum absolute atomic E-state index is 12.2. The van der Waals surface area contributed by atoms with Crippen molar-refractivity contribution >= 4 is 29.5 Å². The number of carbonyl (C=O) groups is 1. The second kappa shape index (κ2) is 7.36. The van der Waals surface area contributed by atoms with E-state index in [1.165, 1.54) is 13.2 Å². The zero-order valence-electron chi connectivity index (χ0n) is 13.3. The molecule has 1 aliphatic rings. The Labute approximate surface area is 148 Å². The number of hydrogen-bond donors (Lipinski definition) is 1. The summed E-state index contributed by atoms with van der Waals surface area (Å²) in [5.41, 5.74) is 1.32. The van der Waals surface area contributed by atoms with Crippen LogP contribution >= 0.6 is 23.5 Å². The van der Waals surface area contributed by atoms with Gasteiger partial charge in [0.05, 0.1) is 11.7 Å². The van der Waals surface area contributed by atoms with E-state index in [9.17, 15) is 9.59 Å². The minimum atomic E-state index is -0.702. The van der Waals surface area contributed by atoms with Crippen LogP contribution in [0.25, 0.3) is 0 Å². The first-order valence-electron chi connectivity index (χ1n) is 7.42. The number of benzene rings is 1. The minimum absolute atomic E-state index is 0.0337. The maximum Gasteiger partial charge on any atom is 0.349 e. The lowest BCUT2D eigenvalue weighted by Gasteiger charge is -2.13. The van der Waals surface area contributed by atoms with Crippen molar-refractivity contribution in [1.29, 1.82) is 0 Å². The first-order valence-corrected chi connectivity index (χ1v) is 9.51. The number of esters is 1. The summed E-state index contributed by atoms with van der Waals surface area (Å²) in [7, 11) is 1.53. The van der Waals surface area contributed by atoms with Gasteiger partial charge in [0.25, 0.3) is 5.56 Å². The number of methoxy groups -OCH3 is 1. The second-order valence-electron chi connectivity index (χ2n) is 5.26. The molecule has 0 unspecified atom stereocenters. The van der Waals surface area contributed by atoms with Crippen molar-refractivity contribution in [2.75, 3.05) is 18.6 Å². The molecule has 1 aromatic heterocycles.